The van der Waals surface area contributed by atoms with Gasteiger partial charge in [-0.3, -0.25) is 9.59 Å². The fourth-order valence-electron chi connectivity index (χ4n) is 2.03. The Bertz CT molecular complexity index is 459. The van der Waals surface area contributed by atoms with Gasteiger partial charge in [-0.2, -0.15) is 0 Å². The molecule has 1 aliphatic rings. The lowest BCUT2D eigenvalue weighted by atomic mass is 10.1. The van der Waals surface area contributed by atoms with Gasteiger partial charge in [0.15, 0.2) is 0 Å². The molecule has 0 aromatic heterocycles. The quantitative estimate of drug-likeness (QED) is 0.867. The van der Waals surface area contributed by atoms with Crippen molar-refractivity contribution in [2.24, 2.45) is 5.92 Å². The van der Waals surface area contributed by atoms with E-state index in [4.69, 9.17) is 0 Å². The van der Waals surface area contributed by atoms with Crippen molar-refractivity contribution in [2.45, 2.75) is 13.0 Å². The van der Waals surface area contributed by atoms with E-state index in [2.05, 4.69) is 5.32 Å². The van der Waals surface area contributed by atoms with Gasteiger partial charge >= 0.3 is 0 Å². The van der Waals surface area contributed by atoms with Crippen molar-refractivity contribution >= 4 is 11.8 Å². The van der Waals surface area contributed by atoms with Crippen LogP contribution in [0.15, 0.2) is 24.3 Å². The van der Waals surface area contributed by atoms with Crippen LogP contribution in [0.1, 0.15) is 12.0 Å². The highest BCUT2D eigenvalue weighted by atomic mass is 19.1. The number of hydrogen-bond acceptors (Lipinski definition) is 2. The minimum atomic E-state index is -0.293. The molecule has 5 heteroatoms. The molecule has 0 saturated carbocycles. The molecule has 1 aromatic carbocycles. The maximum Gasteiger partial charge on any atom is 0.228 e. The van der Waals surface area contributed by atoms with E-state index in [0.29, 0.717) is 13.1 Å². The van der Waals surface area contributed by atoms with E-state index in [1.807, 2.05) is 0 Å². The summed E-state index contributed by atoms with van der Waals surface area (Å²) in [6.07, 6.45) is 0.257. The van der Waals surface area contributed by atoms with E-state index >= 15 is 0 Å². The second kappa shape index (κ2) is 5.16. The molecule has 4 nitrogen and oxygen atoms in total. The average Bonchev–Trinajstić information content (AvgIpc) is 2.78. The van der Waals surface area contributed by atoms with Crippen molar-refractivity contribution < 1.29 is 14.0 Å². The number of carbonyl (C=O) groups excluding carboxylic acids is 2. The van der Waals surface area contributed by atoms with Gasteiger partial charge in [-0.15, -0.1) is 0 Å². The van der Waals surface area contributed by atoms with Crippen LogP contribution in [-0.4, -0.2) is 30.3 Å². The Morgan fingerprint density at radius 1 is 1.44 bits per heavy atom. The van der Waals surface area contributed by atoms with Gasteiger partial charge < -0.3 is 10.2 Å². The summed E-state index contributed by atoms with van der Waals surface area (Å²) in [5, 5.41) is 2.64. The van der Waals surface area contributed by atoms with Crippen molar-refractivity contribution in [3.63, 3.8) is 0 Å². The molecule has 18 heavy (non-hydrogen) atoms. The highest BCUT2D eigenvalue weighted by Crippen LogP contribution is 2.14. The summed E-state index contributed by atoms with van der Waals surface area (Å²) in [7, 11) is 1.69. The maximum atomic E-state index is 12.7. The molecule has 1 fully saturated rings. The molecule has 96 valence electrons. The van der Waals surface area contributed by atoms with E-state index in [-0.39, 0.29) is 30.0 Å². The molecule has 1 atom stereocenters. The number of nitrogens with one attached hydrogen (secondary N) is 1. The summed E-state index contributed by atoms with van der Waals surface area (Å²) in [4.78, 5) is 24.6. The molecule has 1 aliphatic heterocycles. The van der Waals surface area contributed by atoms with E-state index in [1.54, 1.807) is 24.1 Å². The third kappa shape index (κ3) is 2.85. The monoisotopic (exact) mass is 250 g/mol. The number of hydrogen-bond donors (Lipinski definition) is 1. The van der Waals surface area contributed by atoms with Crippen molar-refractivity contribution in [1.29, 1.82) is 0 Å². The first-order valence-corrected chi connectivity index (χ1v) is 5.82. The predicted octanol–water partition coefficient (Wildman–Crippen LogP) is 0.920. The summed E-state index contributed by atoms with van der Waals surface area (Å²) >= 11 is 0. The van der Waals surface area contributed by atoms with Gasteiger partial charge in [0.2, 0.25) is 11.8 Å². The van der Waals surface area contributed by atoms with Crippen molar-refractivity contribution in [3.8, 4) is 0 Å². The van der Waals surface area contributed by atoms with Crippen LogP contribution in [0.25, 0.3) is 0 Å². The zero-order valence-electron chi connectivity index (χ0n) is 10.1. The Morgan fingerprint density at radius 2 is 2.11 bits per heavy atom. The van der Waals surface area contributed by atoms with Gasteiger partial charge in [0, 0.05) is 26.6 Å². The first-order chi connectivity index (χ1) is 8.56. The van der Waals surface area contributed by atoms with Crippen LogP contribution in [0.3, 0.4) is 0 Å². The van der Waals surface area contributed by atoms with Crippen molar-refractivity contribution in [3.05, 3.63) is 35.6 Å². The summed E-state index contributed by atoms with van der Waals surface area (Å²) in [6.45, 7) is 0.829. The fourth-order valence-corrected chi connectivity index (χ4v) is 2.03. The van der Waals surface area contributed by atoms with Crippen LogP contribution in [0.4, 0.5) is 4.39 Å². The van der Waals surface area contributed by atoms with E-state index in [1.165, 1.54) is 12.1 Å². The molecule has 1 heterocycles. The Labute approximate surface area is 105 Å². The third-order valence-electron chi connectivity index (χ3n) is 3.04. The molecule has 2 amide bonds. The van der Waals surface area contributed by atoms with Crippen LogP contribution in [0.2, 0.25) is 0 Å². The third-order valence-corrected chi connectivity index (χ3v) is 3.04. The number of amides is 2. The van der Waals surface area contributed by atoms with E-state index in [0.717, 1.165) is 5.56 Å². The Balaban J connectivity index is 1.95. The standard InChI is InChI=1S/C13H15FN2O2/c1-16(8-9-2-4-11(14)5-3-9)13(18)10-6-12(17)15-7-10/h2-5,10H,6-8H2,1H3,(H,15,17). The predicted molar refractivity (Wildman–Crippen MR) is 64.0 cm³/mol. The Hall–Kier alpha value is -1.91. The second-order valence-corrected chi connectivity index (χ2v) is 4.53. The summed E-state index contributed by atoms with van der Waals surface area (Å²) in [6, 6.07) is 6.04. The normalized spacial score (nSPS) is 18.6. The lowest BCUT2D eigenvalue weighted by molar-refractivity contribution is -0.135. The number of rotatable bonds is 3. The molecule has 1 unspecified atom stereocenters. The summed E-state index contributed by atoms with van der Waals surface area (Å²) in [5.74, 6) is -0.706. The van der Waals surface area contributed by atoms with Gasteiger partial charge in [0.25, 0.3) is 0 Å². The minimum absolute atomic E-state index is 0.0577. The van der Waals surface area contributed by atoms with Gasteiger partial charge in [-0.25, -0.2) is 4.39 Å². The first-order valence-electron chi connectivity index (χ1n) is 5.82. The zero-order chi connectivity index (χ0) is 13.1. The molecule has 0 radical (unpaired) electrons. The van der Waals surface area contributed by atoms with E-state index < -0.39 is 0 Å². The van der Waals surface area contributed by atoms with Crippen LogP contribution in [0, 0.1) is 11.7 Å². The molecular weight excluding hydrogens is 235 g/mol. The Kier molecular flexibility index (Phi) is 3.60. The van der Waals surface area contributed by atoms with Gasteiger partial charge in [0.05, 0.1) is 5.92 Å². The number of benzene rings is 1. The fraction of sp³-hybridized carbons (Fsp3) is 0.385. The molecule has 1 N–H and O–H groups in total. The summed E-state index contributed by atoms with van der Waals surface area (Å²) in [5.41, 5.74) is 0.865. The SMILES string of the molecule is CN(Cc1ccc(F)cc1)C(=O)C1CNC(=O)C1. The smallest absolute Gasteiger partial charge is 0.228 e. The molecule has 0 bridgehead atoms. The lowest BCUT2D eigenvalue weighted by Gasteiger charge is -2.20. The van der Waals surface area contributed by atoms with Crippen LogP contribution < -0.4 is 5.32 Å². The van der Waals surface area contributed by atoms with Gasteiger partial charge in [-0.1, -0.05) is 12.1 Å². The molecule has 1 saturated heterocycles. The molecule has 0 aliphatic carbocycles. The van der Waals surface area contributed by atoms with E-state index in [9.17, 15) is 14.0 Å². The van der Waals surface area contributed by atoms with Gasteiger partial charge in [-0.05, 0) is 17.7 Å². The lowest BCUT2D eigenvalue weighted by Crippen LogP contribution is -2.33. The molecular formula is C13H15FN2O2. The first kappa shape index (κ1) is 12.5. The largest absolute Gasteiger partial charge is 0.355 e. The highest BCUT2D eigenvalue weighted by molar-refractivity contribution is 5.89. The topological polar surface area (TPSA) is 49.4 Å². The minimum Gasteiger partial charge on any atom is -0.355 e. The van der Waals surface area contributed by atoms with Crippen LogP contribution in [0.5, 0.6) is 0 Å². The van der Waals surface area contributed by atoms with Crippen molar-refractivity contribution in [2.75, 3.05) is 13.6 Å². The number of carbonyl (C=O) groups is 2. The average molecular weight is 250 g/mol. The van der Waals surface area contributed by atoms with Crippen LogP contribution >= 0.6 is 0 Å². The van der Waals surface area contributed by atoms with Crippen LogP contribution in [-0.2, 0) is 16.1 Å². The van der Waals surface area contributed by atoms with Crippen molar-refractivity contribution in [1.82, 2.24) is 10.2 Å². The number of halogens is 1. The Morgan fingerprint density at radius 3 is 2.67 bits per heavy atom. The maximum absolute atomic E-state index is 12.7. The molecule has 0 spiro atoms. The summed E-state index contributed by atoms with van der Waals surface area (Å²) < 4.78 is 12.7. The molecule has 2 rings (SSSR count). The second-order valence-electron chi connectivity index (χ2n) is 4.53. The zero-order valence-corrected chi connectivity index (χ0v) is 10.1. The number of nitrogens with zero attached hydrogens (tertiary/aromatic N) is 1. The van der Waals surface area contributed by atoms with Gasteiger partial charge in [0.1, 0.15) is 5.82 Å². The highest BCUT2D eigenvalue weighted by Gasteiger charge is 2.29. The molecule has 1 aromatic rings.